The Morgan fingerprint density at radius 1 is 0.958 bits per heavy atom. The van der Waals surface area contributed by atoms with Crippen LogP contribution in [0.15, 0.2) is 54.6 Å². The number of aryl methyl sites for hydroxylation is 1. The predicted octanol–water partition coefficient (Wildman–Crippen LogP) is 2.01. The SMILES string of the molecule is Cc1ccccc1C(=O)NNC(=O)CC(C(=O)O)c1ccccc1. The van der Waals surface area contributed by atoms with Crippen LogP contribution in [0.2, 0.25) is 0 Å². The van der Waals surface area contributed by atoms with Crippen molar-refractivity contribution in [2.45, 2.75) is 19.3 Å². The van der Waals surface area contributed by atoms with Gasteiger partial charge in [-0.25, -0.2) is 0 Å². The van der Waals surface area contributed by atoms with Gasteiger partial charge >= 0.3 is 5.97 Å². The van der Waals surface area contributed by atoms with Crippen LogP contribution in [-0.2, 0) is 9.59 Å². The summed E-state index contributed by atoms with van der Waals surface area (Å²) < 4.78 is 0. The molecule has 1 atom stereocenters. The van der Waals surface area contributed by atoms with Crippen LogP contribution < -0.4 is 10.9 Å². The summed E-state index contributed by atoms with van der Waals surface area (Å²) in [5, 5.41) is 9.30. The summed E-state index contributed by atoms with van der Waals surface area (Å²) in [5.74, 6) is -3.09. The summed E-state index contributed by atoms with van der Waals surface area (Å²) in [7, 11) is 0. The fourth-order valence-electron chi connectivity index (χ4n) is 2.29. The fraction of sp³-hybridized carbons (Fsp3) is 0.167. The van der Waals surface area contributed by atoms with Gasteiger partial charge in [0.15, 0.2) is 0 Å². The van der Waals surface area contributed by atoms with Gasteiger partial charge in [-0.15, -0.1) is 0 Å². The molecule has 0 saturated heterocycles. The first-order valence-electron chi connectivity index (χ1n) is 7.41. The molecule has 0 fully saturated rings. The molecular formula is C18H18N2O4. The average molecular weight is 326 g/mol. The van der Waals surface area contributed by atoms with Gasteiger partial charge in [0, 0.05) is 12.0 Å². The number of carboxylic acid groups (broad SMARTS) is 1. The highest BCUT2D eigenvalue weighted by molar-refractivity contribution is 5.97. The lowest BCUT2D eigenvalue weighted by Gasteiger charge is -2.13. The van der Waals surface area contributed by atoms with Crippen molar-refractivity contribution >= 4 is 17.8 Å². The van der Waals surface area contributed by atoms with Gasteiger partial charge in [-0.3, -0.25) is 25.2 Å². The Morgan fingerprint density at radius 3 is 2.21 bits per heavy atom. The van der Waals surface area contributed by atoms with Crippen LogP contribution in [-0.4, -0.2) is 22.9 Å². The summed E-state index contributed by atoms with van der Waals surface area (Å²) in [5.41, 5.74) is 6.31. The largest absolute Gasteiger partial charge is 0.481 e. The van der Waals surface area contributed by atoms with Crippen molar-refractivity contribution in [1.82, 2.24) is 10.9 Å². The number of carbonyl (C=O) groups excluding carboxylic acids is 2. The predicted molar refractivity (Wildman–Crippen MR) is 88.2 cm³/mol. The van der Waals surface area contributed by atoms with E-state index in [-0.39, 0.29) is 6.42 Å². The monoisotopic (exact) mass is 326 g/mol. The molecule has 0 aliphatic heterocycles. The Bertz CT molecular complexity index is 744. The smallest absolute Gasteiger partial charge is 0.311 e. The molecule has 2 aromatic carbocycles. The van der Waals surface area contributed by atoms with E-state index in [2.05, 4.69) is 10.9 Å². The van der Waals surface area contributed by atoms with E-state index >= 15 is 0 Å². The van der Waals surface area contributed by atoms with E-state index in [9.17, 15) is 19.5 Å². The third-order valence-electron chi connectivity index (χ3n) is 3.59. The summed E-state index contributed by atoms with van der Waals surface area (Å²) >= 11 is 0. The van der Waals surface area contributed by atoms with Gasteiger partial charge < -0.3 is 5.11 Å². The summed E-state index contributed by atoms with van der Waals surface area (Å²) in [4.78, 5) is 35.4. The van der Waals surface area contributed by atoms with Crippen LogP contribution in [0, 0.1) is 6.92 Å². The molecule has 2 amide bonds. The highest BCUT2D eigenvalue weighted by Crippen LogP contribution is 2.19. The summed E-state index contributed by atoms with van der Waals surface area (Å²) in [6, 6.07) is 15.4. The van der Waals surface area contributed by atoms with E-state index in [0.717, 1.165) is 5.56 Å². The zero-order chi connectivity index (χ0) is 17.5. The number of carboxylic acids is 1. The second-order valence-corrected chi connectivity index (χ2v) is 5.32. The number of nitrogens with one attached hydrogen (secondary N) is 2. The van der Waals surface area contributed by atoms with Crippen LogP contribution in [0.1, 0.15) is 33.8 Å². The fourth-order valence-corrected chi connectivity index (χ4v) is 2.29. The Kier molecular flexibility index (Phi) is 5.68. The van der Waals surface area contributed by atoms with E-state index in [0.29, 0.717) is 11.1 Å². The van der Waals surface area contributed by atoms with Crippen molar-refractivity contribution in [1.29, 1.82) is 0 Å². The molecule has 0 saturated carbocycles. The molecule has 0 radical (unpaired) electrons. The van der Waals surface area contributed by atoms with Gasteiger partial charge in [-0.2, -0.15) is 0 Å². The zero-order valence-corrected chi connectivity index (χ0v) is 13.2. The van der Waals surface area contributed by atoms with Crippen molar-refractivity contribution in [3.63, 3.8) is 0 Å². The number of rotatable bonds is 5. The second-order valence-electron chi connectivity index (χ2n) is 5.32. The third-order valence-corrected chi connectivity index (χ3v) is 3.59. The molecule has 24 heavy (non-hydrogen) atoms. The van der Waals surface area contributed by atoms with Gasteiger partial charge in [0.05, 0.1) is 5.92 Å². The number of aliphatic carboxylic acids is 1. The molecule has 3 N–H and O–H groups in total. The van der Waals surface area contributed by atoms with Gasteiger partial charge in [-0.05, 0) is 24.1 Å². The molecule has 6 heteroatoms. The molecule has 2 rings (SSSR count). The highest BCUT2D eigenvalue weighted by Gasteiger charge is 2.23. The first-order valence-corrected chi connectivity index (χ1v) is 7.41. The van der Waals surface area contributed by atoms with E-state index in [4.69, 9.17) is 0 Å². The lowest BCUT2D eigenvalue weighted by Crippen LogP contribution is -2.42. The quantitative estimate of drug-likeness (QED) is 0.733. The van der Waals surface area contributed by atoms with Crippen molar-refractivity contribution in [2.24, 2.45) is 0 Å². The molecule has 0 bridgehead atoms. The number of carbonyl (C=O) groups is 3. The van der Waals surface area contributed by atoms with Crippen molar-refractivity contribution in [3.8, 4) is 0 Å². The molecule has 0 aliphatic carbocycles. The number of hydrogen-bond acceptors (Lipinski definition) is 3. The molecule has 0 aromatic heterocycles. The number of amides is 2. The first-order chi connectivity index (χ1) is 11.5. The summed E-state index contributed by atoms with van der Waals surface area (Å²) in [6.07, 6.45) is -0.270. The lowest BCUT2D eigenvalue weighted by molar-refractivity contribution is -0.140. The van der Waals surface area contributed by atoms with Crippen molar-refractivity contribution in [3.05, 3.63) is 71.3 Å². The minimum atomic E-state index is -1.10. The molecule has 6 nitrogen and oxygen atoms in total. The maximum atomic E-state index is 12.0. The number of hydrogen-bond donors (Lipinski definition) is 3. The molecular weight excluding hydrogens is 308 g/mol. The second kappa shape index (κ2) is 7.92. The first kappa shape index (κ1) is 17.2. The Labute approximate surface area is 139 Å². The maximum Gasteiger partial charge on any atom is 0.311 e. The lowest BCUT2D eigenvalue weighted by atomic mass is 9.96. The van der Waals surface area contributed by atoms with E-state index in [1.54, 1.807) is 55.5 Å². The molecule has 1 unspecified atom stereocenters. The molecule has 2 aromatic rings. The zero-order valence-electron chi connectivity index (χ0n) is 13.2. The van der Waals surface area contributed by atoms with Gasteiger partial charge in [-0.1, -0.05) is 48.5 Å². The molecule has 0 aliphatic rings. The van der Waals surface area contributed by atoms with Crippen molar-refractivity contribution < 1.29 is 19.5 Å². The van der Waals surface area contributed by atoms with Crippen LogP contribution in [0.4, 0.5) is 0 Å². The van der Waals surface area contributed by atoms with E-state index in [1.165, 1.54) is 0 Å². The van der Waals surface area contributed by atoms with E-state index < -0.39 is 23.7 Å². The van der Waals surface area contributed by atoms with Crippen LogP contribution in [0.25, 0.3) is 0 Å². The normalized spacial score (nSPS) is 11.4. The molecule has 0 spiro atoms. The standard InChI is InChI=1S/C18H18N2O4/c1-12-7-5-6-10-14(12)17(22)20-19-16(21)11-15(18(23)24)13-8-3-2-4-9-13/h2-10,15H,11H2,1H3,(H,19,21)(H,20,22)(H,23,24). The third kappa shape index (κ3) is 4.42. The van der Waals surface area contributed by atoms with Crippen LogP contribution >= 0.6 is 0 Å². The minimum Gasteiger partial charge on any atom is -0.481 e. The van der Waals surface area contributed by atoms with Gasteiger partial charge in [0.2, 0.25) is 5.91 Å². The molecule has 0 heterocycles. The van der Waals surface area contributed by atoms with Crippen LogP contribution in [0.3, 0.4) is 0 Å². The number of benzene rings is 2. The Hall–Kier alpha value is -3.15. The topological polar surface area (TPSA) is 95.5 Å². The van der Waals surface area contributed by atoms with Gasteiger partial charge in [0.1, 0.15) is 0 Å². The average Bonchev–Trinajstić information content (AvgIpc) is 2.58. The maximum absolute atomic E-state index is 12.0. The Balaban J connectivity index is 1.96. The van der Waals surface area contributed by atoms with Gasteiger partial charge in [0.25, 0.3) is 5.91 Å². The minimum absolute atomic E-state index is 0.270. The van der Waals surface area contributed by atoms with Crippen LogP contribution in [0.5, 0.6) is 0 Å². The molecule has 124 valence electrons. The Morgan fingerprint density at radius 2 is 1.58 bits per heavy atom. The highest BCUT2D eigenvalue weighted by atomic mass is 16.4. The van der Waals surface area contributed by atoms with E-state index in [1.807, 2.05) is 6.07 Å². The van der Waals surface area contributed by atoms with Crippen molar-refractivity contribution in [2.75, 3.05) is 0 Å². The number of hydrazine groups is 1. The summed E-state index contributed by atoms with van der Waals surface area (Å²) in [6.45, 7) is 1.78.